The molecule has 0 aliphatic rings. The van der Waals surface area contributed by atoms with Crippen molar-refractivity contribution in [3.05, 3.63) is 30.1 Å². The quantitative estimate of drug-likeness (QED) is 0.514. The summed E-state index contributed by atoms with van der Waals surface area (Å²) >= 11 is 0. The Morgan fingerprint density at radius 2 is 1.73 bits per heavy atom. The van der Waals surface area contributed by atoms with E-state index in [0.29, 0.717) is 0 Å². The largest absolute Gasteiger partial charge is 0.454 e. The van der Waals surface area contributed by atoms with Crippen molar-refractivity contribution in [3.63, 3.8) is 0 Å². The summed E-state index contributed by atoms with van der Waals surface area (Å²) in [6.45, 7) is 2.58. The monoisotopic (exact) mass is 438 g/mol. The Bertz CT molecular complexity index is 919. The summed E-state index contributed by atoms with van der Waals surface area (Å²) in [6, 6.07) is 7.13. The van der Waals surface area contributed by atoms with Crippen LogP contribution in [0.15, 0.2) is 29.2 Å². The van der Waals surface area contributed by atoms with Gasteiger partial charge in [-0.25, -0.2) is 12.8 Å². The molecule has 0 saturated heterocycles. The number of ether oxygens (including phenoxy) is 1. The van der Waals surface area contributed by atoms with Crippen LogP contribution in [0.25, 0.3) is 0 Å². The molecule has 30 heavy (non-hydrogen) atoms. The first-order valence-electron chi connectivity index (χ1n) is 9.09. The van der Waals surface area contributed by atoms with Crippen LogP contribution >= 0.6 is 0 Å². The minimum Gasteiger partial charge on any atom is -0.454 e. The van der Waals surface area contributed by atoms with Gasteiger partial charge in [0.05, 0.1) is 25.0 Å². The number of hydrogen-bond acceptors (Lipinski definition) is 7. The molecule has 0 bridgehead atoms. The van der Waals surface area contributed by atoms with Crippen LogP contribution in [0, 0.1) is 34.4 Å². The number of rotatable bonds is 11. The molecule has 1 unspecified atom stereocenters. The summed E-state index contributed by atoms with van der Waals surface area (Å²) in [5, 5.41) is 17.3. The molecular weight excluding hydrogens is 415 g/mol. The Hall–Kier alpha value is -3.02. The van der Waals surface area contributed by atoms with Crippen molar-refractivity contribution in [1.29, 1.82) is 10.5 Å². The fourth-order valence-corrected chi connectivity index (χ4v) is 3.81. The topological polar surface area (TPSA) is 140 Å². The van der Waals surface area contributed by atoms with Gasteiger partial charge in [0.1, 0.15) is 16.8 Å². The van der Waals surface area contributed by atoms with Gasteiger partial charge in [0, 0.05) is 13.1 Å². The van der Waals surface area contributed by atoms with E-state index in [4.69, 9.17) is 15.3 Å². The fraction of sp³-hybridized carbons (Fsp3) is 0.474. The Labute approximate surface area is 175 Å². The van der Waals surface area contributed by atoms with Crippen molar-refractivity contribution in [3.8, 4) is 12.1 Å². The van der Waals surface area contributed by atoms with Gasteiger partial charge in [-0.05, 0) is 18.1 Å². The molecule has 0 heterocycles. The third-order valence-electron chi connectivity index (χ3n) is 4.01. The van der Waals surface area contributed by atoms with E-state index < -0.39 is 51.2 Å². The highest BCUT2D eigenvalue weighted by molar-refractivity contribution is 7.89. The predicted octanol–water partition coefficient (Wildman–Crippen LogP) is 1.33. The summed E-state index contributed by atoms with van der Waals surface area (Å²) in [5.41, 5.74) is 0. The third kappa shape index (κ3) is 7.43. The van der Waals surface area contributed by atoms with Crippen molar-refractivity contribution in [2.75, 3.05) is 19.7 Å². The second kappa shape index (κ2) is 11.9. The second-order valence-corrected chi connectivity index (χ2v) is 8.26. The average molecular weight is 438 g/mol. The van der Waals surface area contributed by atoms with Crippen LogP contribution in [0.2, 0.25) is 0 Å². The predicted molar refractivity (Wildman–Crippen MR) is 103 cm³/mol. The number of halogens is 1. The number of sulfonamides is 1. The van der Waals surface area contributed by atoms with Crippen LogP contribution in [0.1, 0.15) is 26.7 Å². The van der Waals surface area contributed by atoms with E-state index in [1.165, 1.54) is 17.0 Å². The molecule has 1 rings (SSSR count). The lowest BCUT2D eigenvalue weighted by Crippen LogP contribution is -2.46. The number of nitrogens with one attached hydrogen (secondary N) is 1. The number of carbonyl (C=O) groups is 2. The van der Waals surface area contributed by atoms with Gasteiger partial charge in [-0.3, -0.25) is 9.59 Å². The van der Waals surface area contributed by atoms with Crippen molar-refractivity contribution >= 4 is 21.9 Å². The lowest BCUT2D eigenvalue weighted by atomic mass is 10.1. The van der Waals surface area contributed by atoms with Crippen molar-refractivity contribution in [2.24, 2.45) is 5.92 Å². The average Bonchev–Trinajstić information content (AvgIpc) is 2.70. The van der Waals surface area contributed by atoms with E-state index in [1.54, 1.807) is 13.8 Å². The Morgan fingerprint density at radius 3 is 2.23 bits per heavy atom. The third-order valence-corrected chi connectivity index (χ3v) is 5.48. The molecule has 1 amide bonds. The molecule has 9 nitrogen and oxygen atoms in total. The first kappa shape index (κ1) is 25.0. The first-order chi connectivity index (χ1) is 14.1. The smallest absolute Gasteiger partial charge is 0.324 e. The number of hydrogen-bond donors (Lipinski definition) is 1. The molecule has 0 spiro atoms. The SMILES string of the molecule is CC(C)C(NS(=O)(=O)c1ccccc1F)C(=O)OCC(=O)N(CCC#N)CCC#N. The maximum absolute atomic E-state index is 13.9. The van der Waals surface area contributed by atoms with Crippen LogP contribution in [-0.2, 0) is 24.3 Å². The van der Waals surface area contributed by atoms with Gasteiger partial charge in [0.15, 0.2) is 6.61 Å². The summed E-state index contributed by atoms with van der Waals surface area (Å²) in [4.78, 5) is 25.3. The van der Waals surface area contributed by atoms with Crippen molar-refractivity contribution in [1.82, 2.24) is 9.62 Å². The molecule has 0 saturated carbocycles. The minimum atomic E-state index is -4.35. The molecule has 0 aromatic heterocycles. The number of benzene rings is 1. The number of esters is 1. The molecule has 1 atom stereocenters. The van der Waals surface area contributed by atoms with Gasteiger partial charge in [-0.15, -0.1) is 0 Å². The summed E-state index contributed by atoms with van der Waals surface area (Å²) in [7, 11) is -4.35. The lowest BCUT2D eigenvalue weighted by Gasteiger charge is -2.23. The molecule has 11 heteroatoms. The van der Waals surface area contributed by atoms with Gasteiger partial charge in [-0.1, -0.05) is 26.0 Å². The highest BCUT2D eigenvalue weighted by Crippen LogP contribution is 2.16. The normalized spacial score (nSPS) is 11.9. The molecule has 0 fully saturated rings. The number of nitriles is 2. The molecule has 1 aromatic rings. The van der Waals surface area contributed by atoms with Gasteiger partial charge >= 0.3 is 5.97 Å². The van der Waals surface area contributed by atoms with Gasteiger partial charge in [0.2, 0.25) is 10.0 Å². The van der Waals surface area contributed by atoms with E-state index in [2.05, 4.69) is 4.72 Å². The van der Waals surface area contributed by atoms with E-state index in [9.17, 15) is 22.4 Å². The zero-order valence-corrected chi connectivity index (χ0v) is 17.5. The fourth-order valence-electron chi connectivity index (χ4n) is 2.39. The van der Waals surface area contributed by atoms with E-state index in [-0.39, 0.29) is 25.9 Å². The van der Waals surface area contributed by atoms with Gasteiger partial charge < -0.3 is 9.64 Å². The highest BCUT2D eigenvalue weighted by atomic mass is 32.2. The molecule has 0 aliphatic heterocycles. The summed E-state index contributed by atoms with van der Waals surface area (Å²) < 4.78 is 45.9. The zero-order chi connectivity index (χ0) is 22.7. The standard InChI is InChI=1S/C19H23FN4O5S/c1-14(2)18(23-30(27,28)16-8-4-3-7-15(16)20)19(26)29-13-17(25)24(11-5-9-21)12-6-10-22/h3-4,7-8,14,18,23H,5-6,11-13H2,1-2H3. The van der Waals surface area contributed by atoms with Crippen LogP contribution in [0.5, 0.6) is 0 Å². The zero-order valence-electron chi connectivity index (χ0n) is 16.7. The number of nitrogens with zero attached hydrogens (tertiary/aromatic N) is 3. The summed E-state index contributed by atoms with van der Waals surface area (Å²) in [6.07, 6.45) is 0.0876. The molecule has 1 N–H and O–H groups in total. The van der Waals surface area contributed by atoms with Crippen LogP contribution in [-0.4, -0.2) is 50.9 Å². The van der Waals surface area contributed by atoms with Gasteiger partial charge in [-0.2, -0.15) is 15.2 Å². The molecule has 0 aliphatic carbocycles. The van der Waals surface area contributed by atoms with Crippen LogP contribution in [0.3, 0.4) is 0 Å². The van der Waals surface area contributed by atoms with E-state index >= 15 is 0 Å². The van der Waals surface area contributed by atoms with E-state index in [0.717, 1.165) is 12.1 Å². The maximum Gasteiger partial charge on any atom is 0.324 e. The van der Waals surface area contributed by atoms with Gasteiger partial charge in [0.25, 0.3) is 5.91 Å². The maximum atomic E-state index is 13.9. The number of amides is 1. The lowest BCUT2D eigenvalue weighted by molar-refractivity contribution is -0.154. The van der Waals surface area contributed by atoms with Crippen molar-refractivity contribution in [2.45, 2.75) is 37.6 Å². The minimum absolute atomic E-state index is 0.0438. The molecule has 162 valence electrons. The Balaban J connectivity index is 2.85. The van der Waals surface area contributed by atoms with Crippen LogP contribution < -0.4 is 4.72 Å². The van der Waals surface area contributed by atoms with Crippen LogP contribution in [0.4, 0.5) is 4.39 Å². The number of carbonyl (C=O) groups excluding carboxylic acids is 2. The Morgan fingerprint density at radius 1 is 1.17 bits per heavy atom. The van der Waals surface area contributed by atoms with E-state index in [1.807, 2.05) is 12.1 Å². The molecule has 1 aromatic carbocycles. The summed E-state index contributed by atoms with van der Waals surface area (Å²) in [5.74, 6) is -3.14. The first-order valence-corrected chi connectivity index (χ1v) is 10.6. The molecular formula is C19H23FN4O5S. The highest BCUT2D eigenvalue weighted by Gasteiger charge is 2.31. The molecule has 0 radical (unpaired) electrons. The Kier molecular flexibility index (Phi) is 9.89. The van der Waals surface area contributed by atoms with Crippen molar-refractivity contribution < 1.29 is 27.1 Å². The second-order valence-electron chi connectivity index (χ2n) is 6.58.